The molecule has 0 aliphatic carbocycles. The Morgan fingerprint density at radius 1 is 1.15 bits per heavy atom. The Kier molecular flexibility index (Phi) is 2.68. The first-order chi connectivity index (χ1) is 9.56. The zero-order valence-electron chi connectivity index (χ0n) is 10.9. The van der Waals surface area contributed by atoms with E-state index >= 15 is 0 Å². The third-order valence-electron chi connectivity index (χ3n) is 3.24. The van der Waals surface area contributed by atoms with Crippen molar-refractivity contribution in [2.45, 2.75) is 6.92 Å². The van der Waals surface area contributed by atoms with Crippen LogP contribution in [0.3, 0.4) is 0 Å². The zero-order valence-corrected chi connectivity index (χ0v) is 10.9. The molecule has 100 valence electrons. The Bertz CT molecular complexity index is 857. The summed E-state index contributed by atoms with van der Waals surface area (Å²) in [6, 6.07) is 12.1. The lowest BCUT2D eigenvalue weighted by atomic mass is 10.1. The number of nitrogens with one attached hydrogen (secondary N) is 1. The molecule has 0 aliphatic rings. The number of nitrogen functional groups attached to an aromatic ring is 1. The number of benzene rings is 2. The average Bonchev–Trinajstić information content (AvgIpc) is 2.74. The number of nitrogens with two attached hydrogens (primary N) is 1. The first kappa shape index (κ1) is 12.2. The SMILES string of the molecule is CC(=O)c1ccc(-n2c(=O)[nH]c3ccc(N)cc32)cc1. The normalized spacial score (nSPS) is 10.8. The molecule has 0 amide bonds. The van der Waals surface area contributed by atoms with Crippen LogP contribution in [-0.4, -0.2) is 15.3 Å². The smallest absolute Gasteiger partial charge is 0.331 e. The molecule has 0 spiro atoms. The van der Waals surface area contributed by atoms with Gasteiger partial charge in [0.2, 0.25) is 0 Å². The van der Waals surface area contributed by atoms with Gasteiger partial charge >= 0.3 is 5.69 Å². The van der Waals surface area contributed by atoms with Gasteiger partial charge in [0.25, 0.3) is 0 Å². The van der Waals surface area contributed by atoms with Crippen LogP contribution < -0.4 is 11.4 Å². The topological polar surface area (TPSA) is 80.9 Å². The van der Waals surface area contributed by atoms with E-state index in [2.05, 4.69) is 4.98 Å². The molecule has 0 unspecified atom stereocenters. The molecule has 0 saturated heterocycles. The van der Waals surface area contributed by atoms with Crippen molar-refractivity contribution < 1.29 is 4.79 Å². The maximum Gasteiger partial charge on any atom is 0.331 e. The molecule has 0 atom stereocenters. The van der Waals surface area contributed by atoms with Crippen LogP contribution in [0.4, 0.5) is 5.69 Å². The number of carbonyl (C=O) groups is 1. The van der Waals surface area contributed by atoms with Crippen LogP contribution in [0.15, 0.2) is 47.3 Å². The summed E-state index contributed by atoms with van der Waals surface area (Å²) >= 11 is 0. The quantitative estimate of drug-likeness (QED) is 0.551. The third-order valence-corrected chi connectivity index (χ3v) is 3.24. The number of aromatic nitrogens is 2. The number of nitrogens with zero attached hydrogens (tertiary/aromatic N) is 1. The highest BCUT2D eigenvalue weighted by molar-refractivity contribution is 5.94. The fraction of sp³-hybridized carbons (Fsp3) is 0.0667. The fourth-order valence-corrected chi connectivity index (χ4v) is 2.22. The fourth-order valence-electron chi connectivity index (χ4n) is 2.22. The van der Waals surface area contributed by atoms with Crippen LogP contribution in [-0.2, 0) is 0 Å². The second-order valence-corrected chi connectivity index (χ2v) is 4.65. The maximum absolute atomic E-state index is 12.1. The molecular formula is C15H13N3O2. The number of rotatable bonds is 2. The Morgan fingerprint density at radius 2 is 1.85 bits per heavy atom. The predicted octanol–water partition coefficient (Wildman–Crippen LogP) is 2.10. The second kappa shape index (κ2) is 4.38. The van der Waals surface area contributed by atoms with Crippen LogP contribution in [0.1, 0.15) is 17.3 Å². The molecule has 3 N–H and O–H groups in total. The van der Waals surface area contributed by atoms with Crippen molar-refractivity contribution in [2.24, 2.45) is 0 Å². The van der Waals surface area contributed by atoms with E-state index < -0.39 is 0 Å². The van der Waals surface area contributed by atoms with E-state index in [1.807, 2.05) is 0 Å². The number of carbonyl (C=O) groups excluding carboxylic acids is 1. The van der Waals surface area contributed by atoms with E-state index in [1.54, 1.807) is 42.5 Å². The van der Waals surface area contributed by atoms with Crippen LogP contribution >= 0.6 is 0 Å². The number of H-pyrrole nitrogens is 1. The van der Waals surface area contributed by atoms with Gasteiger partial charge in [-0.2, -0.15) is 0 Å². The minimum absolute atomic E-state index is 0.00734. The van der Waals surface area contributed by atoms with Crippen molar-refractivity contribution in [1.29, 1.82) is 0 Å². The van der Waals surface area contributed by atoms with Crippen LogP contribution in [0.2, 0.25) is 0 Å². The highest BCUT2D eigenvalue weighted by atomic mass is 16.1. The molecule has 1 aromatic heterocycles. The van der Waals surface area contributed by atoms with Crippen molar-refractivity contribution in [3.63, 3.8) is 0 Å². The second-order valence-electron chi connectivity index (χ2n) is 4.65. The molecule has 3 rings (SSSR count). The molecule has 3 aromatic rings. The molecular weight excluding hydrogens is 254 g/mol. The highest BCUT2D eigenvalue weighted by Crippen LogP contribution is 2.18. The van der Waals surface area contributed by atoms with Gasteiger partial charge in [0.1, 0.15) is 0 Å². The van der Waals surface area contributed by atoms with Gasteiger partial charge in [-0.05, 0) is 49.4 Å². The van der Waals surface area contributed by atoms with Crippen molar-refractivity contribution >= 4 is 22.5 Å². The number of fused-ring (bicyclic) bond motifs is 1. The molecule has 0 fully saturated rings. The van der Waals surface area contributed by atoms with E-state index in [-0.39, 0.29) is 11.5 Å². The number of Topliss-reactive ketones (excluding diaryl/α,β-unsaturated/α-hetero) is 1. The number of hydrogen-bond acceptors (Lipinski definition) is 3. The summed E-state index contributed by atoms with van der Waals surface area (Å²) < 4.78 is 1.54. The van der Waals surface area contributed by atoms with Crippen molar-refractivity contribution in [2.75, 3.05) is 5.73 Å². The Morgan fingerprint density at radius 3 is 2.50 bits per heavy atom. The summed E-state index contributed by atoms with van der Waals surface area (Å²) in [6.45, 7) is 1.51. The van der Waals surface area contributed by atoms with Gasteiger partial charge in [-0.3, -0.25) is 9.36 Å². The number of aromatic amines is 1. The van der Waals surface area contributed by atoms with Crippen molar-refractivity contribution in [1.82, 2.24) is 9.55 Å². The first-order valence-corrected chi connectivity index (χ1v) is 6.18. The van der Waals surface area contributed by atoms with Gasteiger partial charge in [-0.1, -0.05) is 0 Å². The average molecular weight is 267 g/mol. The molecule has 1 heterocycles. The Hall–Kier alpha value is -2.82. The lowest BCUT2D eigenvalue weighted by molar-refractivity contribution is 0.101. The van der Waals surface area contributed by atoms with Gasteiger partial charge in [0.15, 0.2) is 5.78 Å². The lowest BCUT2D eigenvalue weighted by Gasteiger charge is -2.04. The van der Waals surface area contributed by atoms with E-state index in [0.717, 1.165) is 5.52 Å². The first-order valence-electron chi connectivity index (χ1n) is 6.18. The van der Waals surface area contributed by atoms with Crippen LogP contribution in [0.25, 0.3) is 16.7 Å². The Labute approximate surface area is 114 Å². The molecule has 2 aromatic carbocycles. The summed E-state index contributed by atoms with van der Waals surface area (Å²) in [7, 11) is 0. The molecule has 0 radical (unpaired) electrons. The van der Waals surface area contributed by atoms with Gasteiger partial charge in [-0.25, -0.2) is 4.79 Å². The van der Waals surface area contributed by atoms with E-state index in [0.29, 0.717) is 22.5 Å². The monoisotopic (exact) mass is 267 g/mol. The highest BCUT2D eigenvalue weighted by Gasteiger charge is 2.09. The summed E-state index contributed by atoms with van der Waals surface area (Å²) in [6.07, 6.45) is 0. The maximum atomic E-state index is 12.1. The van der Waals surface area contributed by atoms with Gasteiger partial charge in [-0.15, -0.1) is 0 Å². The molecule has 0 saturated carbocycles. The number of hydrogen-bond donors (Lipinski definition) is 2. The molecule has 20 heavy (non-hydrogen) atoms. The standard InChI is InChI=1S/C15H13N3O2/c1-9(19)10-2-5-12(6-3-10)18-14-8-11(16)4-7-13(14)17-15(18)20/h2-8H,16H2,1H3,(H,17,20). The third kappa shape index (κ3) is 1.89. The van der Waals surface area contributed by atoms with Gasteiger partial charge in [0.05, 0.1) is 16.7 Å². The van der Waals surface area contributed by atoms with Crippen molar-refractivity contribution in [3.8, 4) is 5.69 Å². The largest absolute Gasteiger partial charge is 0.399 e. The van der Waals surface area contributed by atoms with Crippen LogP contribution in [0, 0.1) is 0 Å². The van der Waals surface area contributed by atoms with E-state index in [1.165, 1.54) is 11.5 Å². The summed E-state index contributed by atoms with van der Waals surface area (Å²) in [5.41, 5.74) is 8.86. The summed E-state index contributed by atoms with van der Waals surface area (Å²) in [4.78, 5) is 26.1. The Balaban J connectivity index is 2.23. The molecule has 0 aliphatic heterocycles. The molecule has 0 bridgehead atoms. The minimum Gasteiger partial charge on any atom is -0.399 e. The zero-order chi connectivity index (χ0) is 14.3. The number of imidazole rings is 1. The van der Waals surface area contributed by atoms with Crippen molar-refractivity contribution in [3.05, 3.63) is 58.5 Å². The van der Waals surface area contributed by atoms with Crippen LogP contribution in [0.5, 0.6) is 0 Å². The number of anilines is 1. The predicted molar refractivity (Wildman–Crippen MR) is 78.3 cm³/mol. The van der Waals surface area contributed by atoms with Gasteiger partial charge in [0, 0.05) is 11.3 Å². The summed E-state index contributed by atoms with van der Waals surface area (Å²) in [5.74, 6) is -0.00734. The number of ketones is 1. The minimum atomic E-state index is -0.235. The van der Waals surface area contributed by atoms with Gasteiger partial charge < -0.3 is 10.7 Å². The molecule has 5 nitrogen and oxygen atoms in total. The van der Waals surface area contributed by atoms with E-state index in [9.17, 15) is 9.59 Å². The molecule has 5 heteroatoms. The van der Waals surface area contributed by atoms with E-state index in [4.69, 9.17) is 5.73 Å². The summed E-state index contributed by atoms with van der Waals surface area (Å²) in [5, 5.41) is 0. The lowest BCUT2D eigenvalue weighted by Crippen LogP contribution is -2.14.